The minimum atomic E-state index is -2.34. The normalized spacial score (nSPS) is 13.4. The van der Waals surface area contributed by atoms with Crippen LogP contribution in [0.3, 0.4) is 0 Å². The maximum absolute atomic E-state index is 13.0. The molecule has 0 spiro atoms. The number of aliphatic hydroxyl groups excluding tert-OH is 1. The van der Waals surface area contributed by atoms with Gasteiger partial charge in [0.2, 0.25) is 0 Å². The minimum absolute atomic E-state index is 0.00626. The molecule has 0 rings (SSSR count). The van der Waals surface area contributed by atoms with E-state index in [0.717, 1.165) is 103 Å². The van der Waals surface area contributed by atoms with Gasteiger partial charge in [-0.1, -0.05) is 208 Å². The number of thioether (sulfide) groups is 1. The summed E-state index contributed by atoms with van der Waals surface area (Å²) in [5.74, 6) is 1.74. The van der Waals surface area contributed by atoms with Gasteiger partial charge in [-0.3, -0.25) is 4.79 Å². The van der Waals surface area contributed by atoms with Crippen molar-refractivity contribution in [2.75, 3.05) is 51.8 Å². The van der Waals surface area contributed by atoms with E-state index in [4.69, 9.17) is 18.3 Å². The Morgan fingerprint density at radius 3 is 1.46 bits per heavy atom. The lowest BCUT2D eigenvalue weighted by atomic mass is 9.95. The predicted octanol–water partition coefficient (Wildman–Crippen LogP) is 17.9. The first-order chi connectivity index (χ1) is 32.8. The van der Waals surface area contributed by atoms with Gasteiger partial charge in [-0.15, -0.1) is 11.8 Å². The second-order valence-electron chi connectivity index (χ2n) is 20.8. The Bertz CT molecular complexity index is 993. The molecule has 0 aromatic rings. The third-order valence-corrected chi connectivity index (χ3v) is 16.7. The number of carbonyl (C=O) groups excluding carboxylic acids is 1. The Balaban J connectivity index is 4.72. The number of aliphatic hydroxyl groups is 1. The molecule has 3 unspecified atom stereocenters. The summed E-state index contributed by atoms with van der Waals surface area (Å²) < 4.78 is 25.9. The van der Waals surface area contributed by atoms with Gasteiger partial charge in [0, 0.05) is 19.8 Å². The van der Waals surface area contributed by atoms with Crippen molar-refractivity contribution in [3.63, 3.8) is 0 Å². The Labute approximate surface area is 424 Å². The number of esters is 1. The number of hydrogen-bond acceptors (Lipinski definition) is 8. The lowest BCUT2D eigenvalue weighted by molar-refractivity contribution is -0.143. The molecule has 67 heavy (non-hydrogen) atoms. The standard InChI is InChI=1S/C58H119NO6SSi/c1-8-13-18-22-24-25-32-42-53-66-56(45-17-12-5)58(61)63-52-41-31-29-37-48-59(49-38-39-50-60)47-36-28-30-40-51-62-57(46-35-26-20-15-10-3)65-67(6,7)64-54-55(43-33-21-16-11-4)44-34-27-23-19-14-9-2/h55-57,60H,8-54H2,1-7H3. The van der Waals surface area contributed by atoms with Crippen LogP contribution in [0, 0.1) is 5.92 Å². The van der Waals surface area contributed by atoms with E-state index in [1.165, 1.54) is 186 Å². The Morgan fingerprint density at radius 1 is 0.493 bits per heavy atom. The second kappa shape index (κ2) is 52.2. The molecule has 0 saturated heterocycles. The van der Waals surface area contributed by atoms with Crippen LogP contribution in [0.25, 0.3) is 0 Å². The van der Waals surface area contributed by atoms with Crippen LogP contribution in [0.4, 0.5) is 0 Å². The first-order valence-corrected chi connectivity index (χ1v) is 33.7. The summed E-state index contributed by atoms with van der Waals surface area (Å²) in [5.41, 5.74) is 0. The summed E-state index contributed by atoms with van der Waals surface area (Å²) in [5, 5.41) is 9.45. The number of carbonyl (C=O) groups is 1. The monoisotopic (exact) mass is 986 g/mol. The molecule has 402 valence electrons. The van der Waals surface area contributed by atoms with Gasteiger partial charge in [0.15, 0.2) is 0 Å². The van der Waals surface area contributed by atoms with Crippen LogP contribution in [-0.4, -0.2) is 87.9 Å². The van der Waals surface area contributed by atoms with E-state index in [1.807, 2.05) is 11.8 Å². The highest BCUT2D eigenvalue weighted by Crippen LogP contribution is 2.25. The molecule has 7 nitrogen and oxygen atoms in total. The molecular formula is C58H119NO6SSi. The molecule has 0 radical (unpaired) electrons. The van der Waals surface area contributed by atoms with E-state index in [-0.39, 0.29) is 24.1 Å². The van der Waals surface area contributed by atoms with E-state index in [1.54, 1.807) is 0 Å². The van der Waals surface area contributed by atoms with Gasteiger partial charge in [-0.25, -0.2) is 0 Å². The topological polar surface area (TPSA) is 77.5 Å². The van der Waals surface area contributed by atoms with E-state index in [2.05, 4.69) is 52.6 Å². The van der Waals surface area contributed by atoms with Gasteiger partial charge in [0.05, 0.1) is 6.61 Å². The van der Waals surface area contributed by atoms with E-state index >= 15 is 0 Å². The number of hydrogen-bond donors (Lipinski definition) is 1. The van der Waals surface area contributed by atoms with Crippen LogP contribution in [0.15, 0.2) is 0 Å². The number of rotatable bonds is 56. The lowest BCUT2D eigenvalue weighted by Gasteiger charge is -2.31. The van der Waals surface area contributed by atoms with Crippen molar-refractivity contribution in [1.29, 1.82) is 0 Å². The van der Waals surface area contributed by atoms with Gasteiger partial charge in [0.1, 0.15) is 11.5 Å². The zero-order valence-electron chi connectivity index (χ0n) is 46.3. The van der Waals surface area contributed by atoms with Crippen molar-refractivity contribution < 1.29 is 28.2 Å². The zero-order valence-corrected chi connectivity index (χ0v) is 48.1. The second-order valence-corrected chi connectivity index (χ2v) is 25.5. The molecule has 0 fully saturated rings. The summed E-state index contributed by atoms with van der Waals surface area (Å²) >= 11 is 1.84. The molecular weight excluding hydrogens is 867 g/mol. The Hall–Kier alpha value is -0.163. The van der Waals surface area contributed by atoms with Gasteiger partial charge in [0.25, 0.3) is 0 Å². The van der Waals surface area contributed by atoms with E-state index in [0.29, 0.717) is 12.5 Å². The number of nitrogens with zero attached hydrogens (tertiary/aromatic N) is 1. The molecule has 0 heterocycles. The lowest BCUT2D eigenvalue weighted by Crippen LogP contribution is -2.41. The number of ether oxygens (including phenoxy) is 2. The summed E-state index contributed by atoms with van der Waals surface area (Å²) in [7, 11) is -2.34. The Kier molecular flexibility index (Phi) is 52.0. The third-order valence-electron chi connectivity index (χ3n) is 13.6. The number of unbranched alkanes of at least 4 members (excludes halogenated alkanes) is 27. The van der Waals surface area contributed by atoms with Crippen molar-refractivity contribution in [1.82, 2.24) is 4.90 Å². The average molecular weight is 987 g/mol. The quantitative estimate of drug-likeness (QED) is 0.0280. The highest BCUT2D eigenvalue weighted by molar-refractivity contribution is 8.00. The highest BCUT2D eigenvalue weighted by Gasteiger charge is 2.30. The average Bonchev–Trinajstić information content (AvgIpc) is 3.32. The minimum Gasteiger partial charge on any atom is -0.465 e. The summed E-state index contributed by atoms with van der Waals surface area (Å²) in [4.78, 5) is 15.6. The summed E-state index contributed by atoms with van der Waals surface area (Å²) in [6, 6.07) is 0. The molecule has 0 aromatic heterocycles. The molecule has 3 atom stereocenters. The van der Waals surface area contributed by atoms with Gasteiger partial charge in [-0.2, -0.15) is 0 Å². The molecule has 0 amide bonds. The third kappa shape index (κ3) is 46.7. The van der Waals surface area contributed by atoms with Crippen molar-refractivity contribution in [3.8, 4) is 0 Å². The van der Waals surface area contributed by atoms with Crippen molar-refractivity contribution in [2.24, 2.45) is 5.92 Å². The maximum atomic E-state index is 13.0. The van der Waals surface area contributed by atoms with Crippen LogP contribution < -0.4 is 0 Å². The first-order valence-electron chi connectivity index (χ1n) is 29.8. The van der Waals surface area contributed by atoms with Crippen molar-refractivity contribution in [2.45, 2.75) is 310 Å². The predicted molar refractivity (Wildman–Crippen MR) is 297 cm³/mol. The fourth-order valence-corrected chi connectivity index (χ4v) is 11.8. The van der Waals surface area contributed by atoms with Gasteiger partial charge in [-0.05, 0) is 121 Å². The van der Waals surface area contributed by atoms with Gasteiger partial charge >= 0.3 is 14.5 Å². The summed E-state index contributed by atoms with van der Waals surface area (Å²) in [6.45, 7) is 21.6. The molecule has 9 heteroatoms. The van der Waals surface area contributed by atoms with Gasteiger partial charge < -0.3 is 28.3 Å². The van der Waals surface area contributed by atoms with Crippen LogP contribution >= 0.6 is 11.8 Å². The molecule has 0 aromatic carbocycles. The fourth-order valence-electron chi connectivity index (χ4n) is 9.11. The van der Waals surface area contributed by atoms with E-state index < -0.39 is 8.56 Å². The van der Waals surface area contributed by atoms with Crippen LogP contribution in [0.1, 0.15) is 285 Å². The molecule has 0 aliphatic carbocycles. The zero-order chi connectivity index (χ0) is 49.2. The SMILES string of the molecule is CCCCCCCCCCSC(CCCC)C(=O)OCCCCCCN(CCCCO)CCCCCCOC(CCCCCCC)O[Si](C)(C)OCC(CCCCCC)CCCCCCCC. The smallest absolute Gasteiger partial charge is 0.333 e. The molecule has 0 aliphatic heterocycles. The van der Waals surface area contributed by atoms with E-state index in [9.17, 15) is 9.90 Å². The highest BCUT2D eigenvalue weighted by atomic mass is 32.2. The summed E-state index contributed by atoms with van der Waals surface area (Å²) in [6.07, 6.45) is 47.9. The molecule has 0 saturated carbocycles. The van der Waals surface area contributed by atoms with Crippen LogP contribution in [0.5, 0.6) is 0 Å². The molecule has 0 bridgehead atoms. The van der Waals surface area contributed by atoms with Crippen LogP contribution in [-0.2, 0) is 23.1 Å². The molecule has 0 aliphatic rings. The van der Waals surface area contributed by atoms with Crippen LogP contribution in [0.2, 0.25) is 13.1 Å². The van der Waals surface area contributed by atoms with Crippen molar-refractivity contribution >= 4 is 26.3 Å². The molecule has 1 N–H and O–H groups in total. The first kappa shape index (κ1) is 66.8. The fraction of sp³-hybridized carbons (Fsp3) is 0.983. The largest absolute Gasteiger partial charge is 0.465 e. The van der Waals surface area contributed by atoms with Crippen molar-refractivity contribution in [3.05, 3.63) is 0 Å². The Morgan fingerprint density at radius 2 is 0.925 bits per heavy atom. The maximum Gasteiger partial charge on any atom is 0.333 e.